The van der Waals surface area contributed by atoms with Crippen molar-refractivity contribution in [3.8, 4) is 0 Å². The summed E-state index contributed by atoms with van der Waals surface area (Å²) in [5, 5.41) is 33.7. The van der Waals surface area contributed by atoms with Crippen molar-refractivity contribution < 1.29 is 23.5 Å². The smallest absolute Gasteiger partial charge is 0.202 e. The number of anilines is 1. The molecule has 0 amide bonds. The average Bonchev–Trinajstić information content (AvgIpc) is 3.07. The second-order valence-electron chi connectivity index (χ2n) is 4.81. The Hall–Kier alpha value is -1.97. The summed E-state index contributed by atoms with van der Waals surface area (Å²) in [6, 6.07) is 3.35. The first-order valence-corrected chi connectivity index (χ1v) is 8.99. The Morgan fingerprint density at radius 3 is 2.88 bits per heavy atom. The van der Waals surface area contributed by atoms with Crippen LogP contribution in [0.3, 0.4) is 0 Å². The second-order valence-corrected chi connectivity index (χ2v) is 6.49. The molecule has 0 radical (unpaired) electrons. The van der Waals surface area contributed by atoms with Crippen molar-refractivity contribution in [2.75, 3.05) is 18.5 Å². The predicted molar refractivity (Wildman–Crippen MR) is 94.3 cm³/mol. The summed E-state index contributed by atoms with van der Waals surface area (Å²) in [5.74, 6) is -0.495. The van der Waals surface area contributed by atoms with E-state index in [2.05, 4.69) is 45.9 Å². The number of nitrogens with zero attached hydrogens (tertiary/aromatic N) is 3. The number of aromatic nitrogens is 2. The fourth-order valence-electron chi connectivity index (χ4n) is 1.80. The second kappa shape index (κ2) is 9.65. The lowest BCUT2D eigenvalue weighted by molar-refractivity contribution is 0.234. The number of hydrogen-bond donors (Lipinski definition) is 6. The van der Waals surface area contributed by atoms with Gasteiger partial charge in [0.2, 0.25) is 5.82 Å². The molecule has 7 N–H and O–H groups in total. The predicted octanol–water partition coefficient (Wildman–Crippen LogP) is -0.0719. The summed E-state index contributed by atoms with van der Waals surface area (Å²) < 4.78 is 31.5. The number of nitrogens with one attached hydrogen (secondary N) is 3. The van der Waals surface area contributed by atoms with Crippen LogP contribution >= 0.6 is 15.9 Å². The number of aliphatic hydroxyl groups is 1. The number of amidine groups is 1. The zero-order valence-electron chi connectivity index (χ0n) is 13.0. The number of nitrogens with two attached hydrogens (primary N) is 1. The van der Waals surface area contributed by atoms with Gasteiger partial charge in [0.25, 0.3) is 0 Å². The van der Waals surface area contributed by atoms with Crippen LogP contribution in [-0.4, -0.2) is 49.9 Å². The molecule has 1 heterocycles. The van der Waals surface area contributed by atoms with Crippen molar-refractivity contribution in [2.45, 2.75) is 6.04 Å². The number of rotatable bonds is 8. The molecule has 0 bridgehead atoms. The fraction of sp³-hybridized carbons (Fsp3) is 0.250. The third-order valence-electron chi connectivity index (χ3n) is 2.98. The maximum atomic E-state index is 13.3. The van der Waals surface area contributed by atoms with Crippen LogP contribution in [0.2, 0.25) is 0 Å². The molecule has 0 spiro atoms. The molecule has 0 aliphatic carbocycles. The van der Waals surface area contributed by atoms with Crippen LogP contribution in [0.15, 0.2) is 32.3 Å². The molecule has 0 saturated heterocycles. The Bertz CT molecular complexity index is 806. The fourth-order valence-corrected chi connectivity index (χ4v) is 2.66. The number of halogens is 2. The highest BCUT2D eigenvalue weighted by Crippen LogP contribution is 2.23. The van der Waals surface area contributed by atoms with E-state index in [9.17, 15) is 18.9 Å². The van der Waals surface area contributed by atoms with Crippen molar-refractivity contribution in [2.24, 2.45) is 10.1 Å². The van der Waals surface area contributed by atoms with E-state index in [0.717, 1.165) is 0 Å². The molecule has 0 aliphatic heterocycles. The molecule has 0 saturated carbocycles. The monoisotopic (exact) mass is 451 g/mol. The van der Waals surface area contributed by atoms with Crippen molar-refractivity contribution in [1.82, 2.24) is 20.5 Å². The Morgan fingerprint density at radius 2 is 2.27 bits per heavy atom. The van der Waals surface area contributed by atoms with E-state index in [-0.39, 0.29) is 35.0 Å². The lowest BCUT2D eigenvalue weighted by Crippen LogP contribution is -2.42. The minimum absolute atomic E-state index is 0.0264. The maximum absolute atomic E-state index is 13.3. The summed E-state index contributed by atoms with van der Waals surface area (Å²) >= 11 is 1.23. The van der Waals surface area contributed by atoms with Gasteiger partial charge in [-0.3, -0.25) is 10.7 Å². The summed E-state index contributed by atoms with van der Waals surface area (Å²) in [5.41, 5.74) is 2.21. The lowest BCUT2D eigenvalue weighted by atomic mass is 10.3. The topological polar surface area (TPSA) is 171 Å². The molecule has 2 aromatic rings. The summed E-state index contributed by atoms with van der Waals surface area (Å²) in [7, 11) is 0. The molecule has 2 rings (SSSR count). The van der Waals surface area contributed by atoms with Crippen molar-refractivity contribution in [3.05, 3.63) is 34.2 Å². The normalized spacial score (nSPS) is 14.1. The van der Waals surface area contributed by atoms with E-state index in [4.69, 9.17) is 5.14 Å². The van der Waals surface area contributed by atoms with E-state index in [0.29, 0.717) is 5.69 Å². The third kappa shape index (κ3) is 5.52. The Morgan fingerprint density at radius 1 is 1.50 bits per heavy atom. The first kappa shape index (κ1) is 20.3. The van der Waals surface area contributed by atoms with Gasteiger partial charge in [0.05, 0.1) is 22.8 Å². The summed E-state index contributed by atoms with van der Waals surface area (Å²) in [4.78, 5) is 4.10. The minimum atomic E-state index is -1.81. The van der Waals surface area contributed by atoms with Crippen LogP contribution in [0.5, 0.6) is 0 Å². The highest BCUT2D eigenvalue weighted by Gasteiger charge is 2.18. The Kier molecular flexibility index (Phi) is 7.55. The molecule has 26 heavy (non-hydrogen) atoms. The van der Waals surface area contributed by atoms with Crippen LogP contribution in [0.25, 0.3) is 0 Å². The molecule has 11 nitrogen and oxygen atoms in total. The van der Waals surface area contributed by atoms with Gasteiger partial charge in [-0.15, -0.1) is 0 Å². The van der Waals surface area contributed by atoms with Crippen LogP contribution in [0.4, 0.5) is 15.9 Å². The first-order valence-electron chi connectivity index (χ1n) is 6.98. The van der Waals surface area contributed by atoms with Gasteiger partial charge < -0.3 is 10.4 Å². The van der Waals surface area contributed by atoms with Gasteiger partial charge >= 0.3 is 0 Å². The van der Waals surface area contributed by atoms with Gasteiger partial charge in [0.15, 0.2) is 22.7 Å². The van der Waals surface area contributed by atoms with Crippen LogP contribution in [0, 0.1) is 5.82 Å². The lowest BCUT2D eigenvalue weighted by Gasteiger charge is -2.14. The van der Waals surface area contributed by atoms with Crippen molar-refractivity contribution in [1.29, 1.82) is 0 Å². The van der Waals surface area contributed by atoms with Gasteiger partial charge in [0.1, 0.15) is 5.82 Å². The minimum Gasteiger partial charge on any atom is -0.395 e. The average molecular weight is 452 g/mol. The molecule has 0 aliphatic rings. The van der Waals surface area contributed by atoms with Gasteiger partial charge in [-0.25, -0.2) is 28.1 Å². The highest BCUT2D eigenvalue weighted by molar-refractivity contribution is 9.10. The van der Waals surface area contributed by atoms with E-state index < -0.39 is 23.0 Å². The molecule has 142 valence electrons. The Labute approximate surface area is 157 Å². The quantitative estimate of drug-likeness (QED) is 0.184. The standard InChI is InChI=1S/C12H15BrFN7O4S/c13-8-3-6(1-2-9(8)14)17-12(18-23)10-11(20-25-19-10)16-4-7(5-22)21-26(15)24/h1-3,7,21-23H,4-5,15H2,(H,16,20)(H,17,18). The van der Waals surface area contributed by atoms with E-state index >= 15 is 0 Å². The van der Waals surface area contributed by atoms with Gasteiger partial charge in [-0.1, -0.05) is 0 Å². The molecule has 1 aromatic heterocycles. The van der Waals surface area contributed by atoms with E-state index in [1.54, 1.807) is 0 Å². The molecule has 0 fully saturated rings. The third-order valence-corrected chi connectivity index (χ3v) is 4.16. The number of aliphatic hydroxyl groups excluding tert-OH is 1. The first-order chi connectivity index (χ1) is 12.4. The zero-order chi connectivity index (χ0) is 19.1. The Balaban J connectivity index is 2.19. The molecule has 14 heteroatoms. The largest absolute Gasteiger partial charge is 0.395 e. The maximum Gasteiger partial charge on any atom is 0.202 e. The number of benzene rings is 1. The molecular formula is C12H15BrFN7O4S. The van der Waals surface area contributed by atoms with Gasteiger partial charge in [-0.05, 0) is 44.4 Å². The number of hydrogen-bond acceptors (Lipinski definition) is 8. The molecule has 1 aromatic carbocycles. The molecule has 2 unspecified atom stereocenters. The molecule has 2 atom stereocenters. The number of hydroxylamine groups is 1. The summed E-state index contributed by atoms with van der Waals surface area (Å²) in [6.45, 7) is -0.277. The van der Waals surface area contributed by atoms with Crippen molar-refractivity contribution in [3.63, 3.8) is 0 Å². The van der Waals surface area contributed by atoms with E-state index in [1.165, 1.54) is 18.2 Å². The zero-order valence-corrected chi connectivity index (χ0v) is 15.4. The van der Waals surface area contributed by atoms with Crippen LogP contribution in [0.1, 0.15) is 5.69 Å². The van der Waals surface area contributed by atoms with Gasteiger partial charge in [-0.2, -0.15) is 0 Å². The summed E-state index contributed by atoms with van der Waals surface area (Å²) in [6.07, 6.45) is 0. The number of aliphatic imine (C=N–C) groups is 1. The SMILES string of the molecule is NS(=O)NC(CO)CNc1nonc1C(=Nc1ccc(F)c(Br)c1)NO. The van der Waals surface area contributed by atoms with Crippen LogP contribution < -0.4 is 20.7 Å². The molecular weight excluding hydrogens is 437 g/mol. The highest BCUT2D eigenvalue weighted by atomic mass is 79.9. The van der Waals surface area contributed by atoms with Crippen molar-refractivity contribution >= 4 is 44.4 Å². The van der Waals surface area contributed by atoms with E-state index in [1.807, 2.05) is 5.48 Å². The van der Waals surface area contributed by atoms with Crippen LogP contribution in [-0.2, 0) is 11.2 Å². The van der Waals surface area contributed by atoms with Gasteiger partial charge in [0, 0.05) is 6.54 Å².